The number of carbonyl (C=O) groups excluding carboxylic acids is 2. The van der Waals surface area contributed by atoms with Gasteiger partial charge in [-0.3, -0.25) is 9.59 Å². The first kappa shape index (κ1) is 65.8. The third-order valence-corrected chi connectivity index (χ3v) is 13.5. The molecule has 0 heterocycles. The van der Waals surface area contributed by atoms with E-state index in [-0.39, 0.29) is 18.5 Å². The normalized spacial score (nSPS) is 12.9. The van der Waals surface area contributed by atoms with Crippen LogP contribution in [-0.2, 0) is 14.3 Å². The summed E-state index contributed by atoms with van der Waals surface area (Å²) in [5, 5.41) is 22.9. The molecule has 0 aliphatic rings. The van der Waals surface area contributed by atoms with Gasteiger partial charge in [-0.1, -0.05) is 262 Å². The highest BCUT2D eigenvalue weighted by Crippen LogP contribution is 2.16. The lowest BCUT2D eigenvalue weighted by Gasteiger charge is -2.20. The standard InChI is InChI=1S/C62H115NO5/c1-3-5-7-9-11-13-14-32-36-40-44-48-52-56-62(67)68-57-53-49-45-41-37-34-31-29-27-25-23-21-19-17-15-16-18-20-22-24-26-28-30-33-35-39-43-47-51-55-61(66)63-59(58-64)60(65)54-50-46-42-38-12-10-8-6-4-2/h7,9,13-15,17,50,54,59-60,64-65H,3-6,8,10-12,16,18-49,51-53,55-58H2,1-2H3,(H,63,66)/b9-7-,14-13-,17-15-,54-50+. The predicted octanol–water partition coefficient (Wildman–Crippen LogP) is 18.6. The van der Waals surface area contributed by atoms with Crippen molar-refractivity contribution in [2.45, 2.75) is 321 Å². The van der Waals surface area contributed by atoms with Crippen molar-refractivity contribution in [1.82, 2.24) is 5.32 Å². The maximum absolute atomic E-state index is 12.4. The van der Waals surface area contributed by atoms with Crippen molar-refractivity contribution in [2.75, 3.05) is 13.2 Å². The molecule has 1 amide bonds. The molecule has 0 spiro atoms. The van der Waals surface area contributed by atoms with Crippen LogP contribution in [0.25, 0.3) is 0 Å². The molecule has 0 saturated heterocycles. The maximum Gasteiger partial charge on any atom is 0.305 e. The molecule has 0 aromatic rings. The van der Waals surface area contributed by atoms with E-state index in [0.29, 0.717) is 19.4 Å². The van der Waals surface area contributed by atoms with Gasteiger partial charge in [0.15, 0.2) is 0 Å². The molecule has 2 unspecified atom stereocenters. The van der Waals surface area contributed by atoms with E-state index in [0.717, 1.165) is 51.4 Å². The molecule has 0 aliphatic carbocycles. The first-order valence-corrected chi connectivity index (χ1v) is 29.9. The zero-order valence-electron chi connectivity index (χ0n) is 45.3. The highest BCUT2D eigenvalue weighted by atomic mass is 16.5. The van der Waals surface area contributed by atoms with Gasteiger partial charge in [0.2, 0.25) is 5.91 Å². The highest BCUT2D eigenvalue weighted by molar-refractivity contribution is 5.76. The number of amides is 1. The van der Waals surface area contributed by atoms with Gasteiger partial charge in [0.05, 0.1) is 25.4 Å². The Morgan fingerprint density at radius 2 is 0.765 bits per heavy atom. The number of esters is 1. The monoisotopic (exact) mass is 954 g/mol. The van der Waals surface area contributed by atoms with Crippen LogP contribution < -0.4 is 5.32 Å². The van der Waals surface area contributed by atoms with Crippen LogP contribution in [-0.4, -0.2) is 47.4 Å². The van der Waals surface area contributed by atoms with E-state index in [1.165, 1.54) is 231 Å². The summed E-state index contributed by atoms with van der Waals surface area (Å²) in [5.74, 6) is -0.0700. The lowest BCUT2D eigenvalue weighted by Crippen LogP contribution is -2.45. The summed E-state index contributed by atoms with van der Waals surface area (Å²) in [6.07, 6.45) is 73.1. The van der Waals surface area contributed by atoms with Crippen LogP contribution in [0.5, 0.6) is 0 Å². The van der Waals surface area contributed by atoms with E-state index in [2.05, 4.69) is 55.6 Å². The van der Waals surface area contributed by atoms with Crippen molar-refractivity contribution in [3.05, 3.63) is 48.6 Å². The Morgan fingerprint density at radius 3 is 1.19 bits per heavy atom. The smallest absolute Gasteiger partial charge is 0.305 e. The first-order valence-electron chi connectivity index (χ1n) is 29.9. The molecule has 2 atom stereocenters. The molecular formula is C62H115NO5. The van der Waals surface area contributed by atoms with Gasteiger partial charge in [-0.05, 0) is 83.5 Å². The molecule has 0 radical (unpaired) electrons. The molecule has 0 saturated carbocycles. The Balaban J connectivity index is 3.36. The van der Waals surface area contributed by atoms with Gasteiger partial charge in [-0.25, -0.2) is 0 Å². The summed E-state index contributed by atoms with van der Waals surface area (Å²) in [7, 11) is 0. The molecule has 3 N–H and O–H groups in total. The van der Waals surface area contributed by atoms with E-state index < -0.39 is 12.1 Å². The van der Waals surface area contributed by atoms with Gasteiger partial charge in [-0.15, -0.1) is 0 Å². The van der Waals surface area contributed by atoms with Crippen LogP contribution in [0.3, 0.4) is 0 Å². The van der Waals surface area contributed by atoms with Crippen LogP contribution in [0.15, 0.2) is 48.6 Å². The molecule has 0 bridgehead atoms. The minimum absolute atomic E-state index is 0.000111. The van der Waals surface area contributed by atoms with E-state index in [9.17, 15) is 19.8 Å². The van der Waals surface area contributed by atoms with Crippen molar-refractivity contribution in [2.24, 2.45) is 0 Å². The average molecular weight is 955 g/mol. The summed E-state index contributed by atoms with van der Waals surface area (Å²) in [4.78, 5) is 24.4. The lowest BCUT2D eigenvalue weighted by atomic mass is 10.0. The Bertz CT molecular complexity index is 1150. The molecule has 0 rings (SSSR count). The zero-order valence-corrected chi connectivity index (χ0v) is 45.3. The second-order valence-corrected chi connectivity index (χ2v) is 20.3. The molecule has 68 heavy (non-hydrogen) atoms. The van der Waals surface area contributed by atoms with Gasteiger partial charge in [0.25, 0.3) is 0 Å². The van der Waals surface area contributed by atoms with Gasteiger partial charge in [0, 0.05) is 12.8 Å². The third-order valence-electron chi connectivity index (χ3n) is 13.5. The summed E-state index contributed by atoms with van der Waals surface area (Å²) in [6, 6.07) is -0.625. The van der Waals surface area contributed by atoms with Gasteiger partial charge in [0.1, 0.15) is 0 Å². The fourth-order valence-corrected chi connectivity index (χ4v) is 8.96. The first-order chi connectivity index (χ1) is 33.5. The quantitative estimate of drug-likeness (QED) is 0.0321. The zero-order chi connectivity index (χ0) is 49.3. The highest BCUT2D eigenvalue weighted by Gasteiger charge is 2.18. The molecule has 398 valence electrons. The molecule has 6 nitrogen and oxygen atoms in total. The summed E-state index contributed by atoms with van der Waals surface area (Å²) < 4.78 is 5.47. The Morgan fingerprint density at radius 1 is 0.412 bits per heavy atom. The van der Waals surface area contributed by atoms with Gasteiger partial charge >= 0.3 is 5.97 Å². The second-order valence-electron chi connectivity index (χ2n) is 20.3. The SMILES string of the molecule is CCC/C=C\C/C=C\CCCCCCCC(=O)OCCCCCCCCCCCCCC/C=C\CCCCCCCCCCCCCCCC(=O)NC(CO)C(O)/C=C/CCCCCCCCC. The number of rotatable bonds is 55. The van der Waals surface area contributed by atoms with Gasteiger partial charge < -0.3 is 20.3 Å². The number of aliphatic hydroxyl groups is 2. The fourth-order valence-electron chi connectivity index (χ4n) is 8.96. The topological polar surface area (TPSA) is 95.9 Å². The molecule has 0 aliphatic heterocycles. The summed E-state index contributed by atoms with van der Waals surface area (Å²) >= 11 is 0. The number of hydrogen-bond acceptors (Lipinski definition) is 5. The fraction of sp³-hybridized carbons (Fsp3) is 0.839. The minimum Gasteiger partial charge on any atom is -0.466 e. The average Bonchev–Trinajstić information content (AvgIpc) is 3.34. The van der Waals surface area contributed by atoms with E-state index >= 15 is 0 Å². The summed E-state index contributed by atoms with van der Waals surface area (Å²) in [5.41, 5.74) is 0. The van der Waals surface area contributed by atoms with Crippen molar-refractivity contribution >= 4 is 11.9 Å². The van der Waals surface area contributed by atoms with Crippen molar-refractivity contribution in [3.63, 3.8) is 0 Å². The van der Waals surface area contributed by atoms with Crippen LogP contribution >= 0.6 is 0 Å². The minimum atomic E-state index is -0.842. The van der Waals surface area contributed by atoms with Crippen molar-refractivity contribution in [3.8, 4) is 0 Å². The number of carbonyl (C=O) groups is 2. The van der Waals surface area contributed by atoms with Crippen LogP contribution in [0.1, 0.15) is 309 Å². The third kappa shape index (κ3) is 53.2. The molecular weight excluding hydrogens is 839 g/mol. The second kappa shape index (κ2) is 57.4. The largest absolute Gasteiger partial charge is 0.466 e. The van der Waals surface area contributed by atoms with Crippen LogP contribution in [0.4, 0.5) is 0 Å². The molecule has 0 aromatic heterocycles. The van der Waals surface area contributed by atoms with E-state index in [4.69, 9.17) is 4.74 Å². The van der Waals surface area contributed by atoms with Crippen LogP contribution in [0, 0.1) is 0 Å². The number of aliphatic hydroxyl groups excluding tert-OH is 2. The maximum atomic E-state index is 12.4. The number of unbranched alkanes of at least 4 members (excludes halogenated alkanes) is 38. The number of allylic oxidation sites excluding steroid dienone is 7. The van der Waals surface area contributed by atoms with E-state index in [1.54, 1.807) is 6.08 Å². The Kier molecular flexibility index (Phi) is 55.6. The van der Waals surface area contributed by atoms with Gasteiger partial charge in [-0.2, -0.15) is 0 Å². The number of ether oxygens (including phenoxy) is 1. The van der Waals surface area contributed by atoms with Crippen molar-refractivity contribution < 1.29 is 24.5 Å². The number of nitrogens with one attached hydrogen (secondary N) is 1. The van der Waals surface area contributed by atoms with E-state index in [1.807, 2.05) is 6.08 Å². The number of hydrogen-bond donors (Lipinski definition) is 3. The molecule has 0 fully saturated rings. The molecule has 6 heteroatoms. The predicted molar refractivity (Wildman–Crippen MR) is 296 cm³/mol. The van der Waals surface area contributed by atoms with Crippen LogP contribution in [0.2, 0.25) is 0 Å². The molecule has 0 aromatic carbocycles. The lowest BCUT2D eigenvalue weighted by molar-refractivity contribution is -0.143. The van der Waals surface area contributed by atoms with Crippen molar-refractivity contribution in [1.29, 1.82) is 0 Å². The summed E-state index contributed by atoms with van der Waals surface area (Å²) in [6.45, 7) is 4.81. The Labute approximate surface area is 423 Å². The Hall–Kier alpha value is -2.18.